The Bertz CT molecular complexity index is 360. The highest BCUT2D eigenvalue weighted by Crippen LogP contribution is 1.92. The third kappa shape index (κ3) is 2.35. The molecule has 0 aliphatic heterocycles. The second-order valence-electron chi connectivity index (χ2n) is 3.27. The van der Waals surface area contributed by atoms with E-state index in [0.717, 1.165) is 0 Å². The largest absolute Gasteiger partial charge is 0.411 e. The number of hydrogen-bond donors (Lipinski definition) is 0. The van der Waals surface area contributed by atoms with Gasteiger partial charge in [-0.3, -0.25) is 0 Å². The van der Waals surface area contributed by atoms with Crippen LogP contribution in [0.25, 0.3) is 0 Å². The summed E-state index contributed by atoms with van der Waals surface area (Å²) in [4.78, 5) is 0. The van der Waals surface area contributed by atoms with Crippen molar-refractivity contribution in [3.05, 3.63) is 60.7 Å². The molecule has 0 saturated carbocycles. The monoisotopic (exact) mass is 213 g/mol. The van der Waals surface area contributed by atoms with Crippen molar-refractivity contribution >= 4 is 19.4 Å². The predicted molar refractivity (Wildman–Crippen MR) is 64.9 cm³/mol. The lowest BCUT2D eigenvalue weighted by Gasteiger charge is -2.12. The van der Waals surface area contributed by atoms with Crippen LogP contribution in [0.15, 0.2) is 60.7 Å². The third-order valence-corrected chi connectivity index (χ3v) is 4.40. The number of benzene rings is 2. The zero-order valence-electron chi connectivity index (χ0n) is 8.68. The molecule has 1 nitrogen and oxygen atoms in total. The van der Waals surface area contributed by atoms with Crippen LogP contribution in [-0.4, -0.2) is 16.2 Å². The lowest BCUT2D eigenvalue weighted by Crippen LogP contribution is -2.43. The maximum absolute atomic E-state index is 5.62. The molecule has 2 aromatic rings. The first-order valence-corrected chi connectivity index (χ1v) is 6.34. The van der Waals surface area contributed by atoms with Crippen LogP contribution in [0.3, 0.4) is 0 Å². The van der Waals surface area contributed by atoms with E-state index in [1.54, 1.807) is 7.11 Å². The lowest BCUT2D eigenvalue weighted by atomic mass is 10.4. The minimum absolute atomic E-state index is 1.04. The van der Waals surface area contributed by atoms with E-state index in [2.05, 4.69) is 48.5 Å². The highest BCUT2D eigenvalue weighted by molar-refractivity contribution is 6.79. The van der Waals surface area contributed by atoms with Gasteiger partial charge in [0.15, 0.2) is 0 Å². The minimum Gasteiger partial charge on any atom is -0.411 e. The Morgan fingerprint density at radius 3 is 1.47 bits per heavy atom. The maximum Gasteiger partial charge on any atom is 0.282 e. The van der Waals surface area contributed by atoms with Crippen molar-refractivity contribution < 1.29 is 4.43 Å². The first-order valence-electron chi connectivity index (χ1n) is 4.93. The molecule has 2 heteroatoms. The molecule has 0 aromatic heterocycles. The van der Waals surface area contributed by atoms with Gasteiger partial charge >= 0.3 is 0 Å². The van der Waals surface area contributed by atoms with Gasteiger partial charge in [0.25, 0.3) is 9.04 Å². The van der Waals surface area contributed by atoms with Crippen LogP contribution in [-0.2, 0) is 4.43 Å². The number of rotatable bonds is 3. The molecule has 0 bridgehead atoms. The van der Waals surface area contributed by atoms with Crippen molar-refractivity contribution in [2.75, 3.05) is 7.11 Å². The van der Waals surface area contributed by atoms with Crippen LogP contribution in [0, 0.1) is 0 Å². The molecular weight excluding hydrogens is 200 g/mol. The number of hydrogen-bond acceptors (Lipinski definition) is 1. The van der Waals surface area contributed by atoms with Crippen molar-refractivity contribution in [1.82, 2.24) is 0 Å². The molecule has 2 aromatic carbocycles. The minimum atomic E-state index is -1.04. The highest BCUT2D eigenvalue weighted by atomic mass is 28.3. The lowest BCUT2D eigenvalue weighted by molar-refractivity contribution is 0.439. The topological polar surface area (TPSA) is 9.23 Å². The van der Waals surface area contributed by atoms with Gasteiger partial charge in [-0.2, -0.15) is 0 Å². The smallest absolute Gasteiger partial charge is 0.282 e. The molecule has 0 aliphatic carbocycles. The molecule has 0 amide bonds. The van der Waals surface area contributed by atoms with E-state index in [1.807, 2.05) is 12.1 Å². The Morgan fingerprint density at radius 1 is 0.733 bits per heavy atom. The highest BCUT2D eigenvalue weighted by Gasteiger charge is 2.16. The van der Waals surface area contributed by atoms with Gasteiger partial charge in [-0.05, 0) is 10.4 Å². The standard InChI is InChI=1S/C13H13OSi/c1-14-15(12-8-4-2-5-9-12)13-10-6-3-7-11-13/h2-11H,1H3. The van der Waals surface area contributed by atoms with Gasteiger partial charge in [0.05, 0.1) is 0 Å². The van der Waals surface area contributed by atoms with E-state index in [1.165, 1.54) is 10.4 Å². The van der Waals surface area contributed by atoms with Gasteiger partial charge in [0, 0.05) is 7.11 Å². The molecule has 2 rings (SSSR count). The summed E-state index contributed by atoms with van der Waals surface area (Å²) in [5, 5.41) is 2.58. The van der Waals surface area contributed by atoms with Gasteiger partial charge in [-0.15, -0.1) is 0 Å². The molecule has 0 heterocycles. The third-order valence-electron chi connectivity index (χ3n) is 2.28. The second-order valence-corrected chi connectivity index (χ2v) is 5.49. The molecule has 0 unspecified atom stereocenters. The molecule has 0 fully saturated rings. The van der Waals surface area contributed by atoms with E-state index in [4.69, 9.17) is 4.43 Å². The molecule has 75 valence electrons. The van der Waals surface area contributed by atoms with E-state index < -0.39 is 9.04 Å². The Morgan fingerprint density at radius 2 is 1.13 bits per heavy atom. The van der Waals surface area contributed by atoms with Crippen molar-refractivity contribution in [2.24, 2.45) is 0 Å². The Labute approximate surface area is 92.1 Å². The Balaban J connectivity index is 2.34. The summed E-state index contributed by atoms with van der Waals surface area (Å²) in [6, 6.07) is 20.8. The van der Waals surface area contributed by atoms with E-state index >= 15 is 0 Å². The molecule has 0 N–H and O–H groups in total. The Kier molecular flexibility index (Phi) is 3.32. The molecule has 0 spiro atoms. The van der Waals surface area contributed by atoms with Crippen LogP contribution in [0.5, 0.6) is 0 Å². The summed E-state index contributed by atoms with van der Waals surface area (Å²) in [6.45, 7) is 0. The summed E-state index contributed by atoms with van der Waals surface area (Å²) in [5.41, 5.74) is 0. The van der Waals surface area contributed by atoms with Crippen LogP contribution < -0.4 is 10.4 Å². The van der Waals surface area contributed by atoms with Crippen LogP contribution in [0.1, 0.15) is 0 Å². The van der Waals surface area contributed by atoms with Gasteiger partial charge in [-0.1, -0.05) is 60.7 Å². The summed E-state index contributed by atoms with van der Waals surface area (Å²) in [6.07, 6.45) is 0. The van der Waals surface area contributed by atoms with Gasteiger partial charge in [0.1, 0.15) is 0 Å². The predicted octanol–water partition coefficient (Wildman–Crippen LogP) is 1.44. The summed E-state index contributed by atoms with van der Waals surface area (Å²) >= 11 is 0. The van der Waals surface area contributed by atoms with Gasteiger partial charge in [0.2, 0.25) is 0 Å². The summed E-state index contributed by atoms with van der Waals surface area (Å²) in [7, 11) is 0.747. The van der Waals surface area contributed by atoms with Crippen molar-refractivity contribution in [3.8, 4) is 0 Å². The molecule has 15 heavy (non-hydrogen) atoms. The zero-order chi connectivity index (χ0) is 10.5. The van der Waals surface area contributed by atoms with Gasteiger partial charge < -0.3 is 4.43 Å². The second kappa shape index (κ2) is 4.91. The maximum atomic E-state index is 5.62. The molecule has 0 atom stereocenters. The summed E-state index contributed by atoms with van der Waals surface area (Å²) in [5.74, 6) is 0. The van der Waals surface area contributed by atoms with Crippen LogP contribution in [0.4, 0.5) is 0 Å². The molecule has 1 radical (unpaired) electrons. The van der Waals surface area contributed by atoms with Crippen LogP contribution >= 0.6 is 0 Å². The van der Waals surface area contributed by atoms with Crippen molar-refractivity contribution in [1.29, 1.82) is 0 Å². The van der Waals surface area contributed by atoms with E-state index in [9.17, 15) is 0 Å². The molecule has 0 saturated heterocycles. The fourth-order valence-corrected chi connectivity index (χ4v) is 3.38. The van der Waals surface area contributed by atoms with Gasteiger partial charge in [-0.25, -0.2) is 0 Å². The Hall–Kier alpha value is -1.38. The zero-order valence-corrected chi connectivity index (χ0v) is 9.68. The fraction of sp³-hybridized carbons (Fsp3) is 0.0769. The van der Waals surface area contributed by atoms with Crippen molar-refractivity contribution in [3.63, 3.8) is 0 Å². The van der Waals surface area contributed by atoms with E-state index in [0.29, 0.717) is 0 Å². The first-order chi connectivity index (χ1) is 7.42. The van der Waals surface area contributed by atoms with Crippen molar-refractivity contribution in [2.45, 2.75) is 0 Å². The SMILES string of the molecule is CO[Si](c1ccccc1)c1ccccc1. The molecular formula is C13H13OSi. The summed E-state index contributed by atoms with van der Waals surface area (Å²) < 4.78 is 5.62. The normalized spacial score (nSPS) is 10.5. The first kappa shape index (κ1) is 10.1. The van der Waals surface area contributed by atoms with Crippen LogP contribution in [0.2, 0.25) is 0 Å². The molecule has 0 aliphatic rings. The van der Waals surface area contributed by atoms with E-state index in [-0.39, 0.29) is 0 Å². The average molecular weight is 213 g/mol. The average Bonchev–Trinajstić information content (AvgIpc) is 2.33. The fourth-order valence-electron chi connectivity index (χ4n) is 1.58. The quantitative estimate of drug-likeness (QED) is 0.701.